The van der Waals surface area contributed by atoms with Crippen molar-refractivity contribution in [3.63, 3.8) is 0 Å². The van der Waals surface area contributed by atoms with Crippen LogP contribution in [0.25, 0.3) is 5.69 Å². The molecule has 0 aliphatic heterocycles. The summed E-state index contributed by atoms with van der Waals surface area (Å²) in [4.78, 5) is 23.9. The summed E-state index contributed by atoms with van der Waals surface area (Å²) in [6.45, 7) is 0. The fraction of sp³-hybridized carbons (Fsp3) is 0.105. The first-order valence-corrected chi connectivity index (χ1v) is 7.86. The Labute approximate surface area is 145 Å². The second kappa shape index (κ2) is 7.44. The van der Waals surface area contributed by atoms with Gasteiger partial charge in [-0.3, -0.25) is 9.59 Å². The molecule has 0 aliphatic rings. The number of primary amides is 1. The van der Waals surface area contributed by atoms with E-state index < -0.39 is 11.9 Å². The van der Waals surface area contributed by atoms with Gasteiger partial charge in [0.2, 0.25) is 11.8 Å². The minimum atomic E-state index is -0.836. The molecule has 0 aliphatic carbocycles. The molecule has 0 saturated heterocycles. The van der Waals surface area contributed by atoms with Crippen molar-refractivity contribution in [3.8, 4) is 5.69 Å². The molecule has 0 saturated carbocycles. The molecule has 3 rings (SSSR count). The third-order valence-electron chi connectivity index (χ3n) is 3.79. The van der Waals surface area contributed by atoms with Crippen LogP contribution in [0, 0.1) is 0 Å². The number of nitrogens with zero attached hydrogens (tertiary/aromatic N) is 2. The standard InChI is InChI=1S/C19H18N4O2/c20-19(25)18(15-5-2-1-3-6-15)22-17(24)13-14-7-9-16(10-8-14)23-12-4-11-21-23/h1-12,18H,13H2,(H2,20,25)(H,22,24)/t18-/m1/s1. The maximum atomic E-state index is 12.3. The highest BCUT2D eigenvalue weighted by Gasteiger charge is 2.19. The number of nitrogens with one attached hydrogen (secondary N) is 1. The van der Waals surface area contributed by atoms with E-state index in [1.807, 2.05) is 42.6 Å². The van der Waals surface area contributed by atoms with Crippen molar-refractivity contribution in [2.75, 3.05) is 0 Å². The van der Waals surface area contributed by atoms with Crippen molar-refractivity contribution >= 4 is 11.8 Å². The zero-order chi connectivity index (χ0) is 17.6. The lowest BCUT2D eigenvalue weighted by molar-refractivity contribution is -0.127. The Bertz CT molecular complexity index is 843. The van der Waals surface area contributed by atoms with E-state index in [2.05, 4.69) is 10.4 Å². The number of hydrogen-bond acceptors (Lipinski definition) is 3. The minimum Gasteiger partial charge on any atom is -0.368 e. The summed E-state index contributed by atoms with van der Waals surface area (Å²) >= 11 is 0. The van der Waals surface area contributed by atoms with Crippen LogP contribution in [-0.4, -0.2) is 21.6 Å². The van der Waals surface area contributed by atoms with Crippen molar-refractivity contribution in [2.24, 2.45) is 5.73 Å². The zero-order valence-electron chi connectivity index (χ0n) is 13.5. The molecule has 3 N–H and O–H groups in total. The predicted octanol–water partition coefficient (Wildman–Crippen LogP) is 1.76. The molecule has 6 heteroatoms. The lowest BCUT2D eigenvalue weighted by atomic mass is 10.1. The van der Waals surface area contributed by atoms with Crippen molar-refractivity contribution in [3.05, 3.63) is 84.2 Å². The maximum absolute atomic E-state index is 12.3. The fourth-order valence-corrected chi connectivity index (χ4v) is 2.55. The molecule has 2 aromatic carbocycles. The van der Waals surface area contributed by atoms with E-state index in [0.29, 0.717) is 5.56 Å². The smallest absolute Gasteiger partial charge is 0.244 e. The monoisotopic (exact) mass is 334 g/mol. The SMILES string of the molecule is NC(=O)[C@H](NC(=O)Cc1ccc(-n2cccn2)cc1)c1ccccc1. The van der Waals surface area contributed by atoms with Gasteiger partial charge in [0.15, 0.2) is 0 Å². The summed E-state index contributed by atoms with van der Waals surface area (Å²) in [6, 6.07) is 17.4. The molecule has 1 heterocycles. The van der Waals surface area contributed by atoms with Crippen molar-refractivity contribution < 1.29 is 9.59 Å². The van der Waals surface area contributed by atoms with Gasteiger partial charge in [0.1, 0.15) is 6.04 Å². The molecule has 6 nitrogen and oxygen atoms in total. The van der Waals surface area contributed by atoms with Gasteiger partial charge in [-0.05, 0) is 29.3 Å². The highest BCUT2D eigenvalue weighted by molar-refractivity contribution is 5.88. The van der Waals surface area contributed by atoms with Crippen LogP contribution in [0.4, 0.5) is 0 Å². The zero-order valence-corrected chi connectivity index (χ0v) is 13.5. The molecule has 0 fully saturated rings. The van der Waals surface area contributed by atoms with E-state index in [0.717, 1.165) is 11.3 Å². The van der Waals surface area contributed by atoms with Crippen molar-refractivity contribution in [1.82, 2.24) is 15.1 Å². The fourth-order valence-electron chi connectivity index (χ4n) is 2.55. The molecule has 0 unspecified atom stereocenters. The lowest BCUT2D eigenvalue weighted by Crippen LogP contribution is -2.38. The van der Waals surface area contributed by atoms with Crippen LogP contribution in [0.2, 0.25) is 0 Å². The molecule has 0 radical (unpaired) electrons. The van der Waals surface area contributed by atoms with E-state index in [4.69, 9.17) is 5.73 Å². The first kappa shape index (κ1) is 16.4. The Hall–Kier alpha value is -3.41. The molecule has 1 atom stereocenters. The van der Waals surface area contributed by atoms with E-state index in [1.54, 1.807) is 35.1 Å². The largest absolute Gasteiger partial charge is 0.368 e. The maximum Gasteiger partial charge on any atom is 0.244 e. The first-order chi connectivity index (χ1) is 12.1. The van der Waals surface area contributed by atoms with E-state index >= 15 is 0 Å². The summed E-state index contributed by atoms with van der Waals surface area (Å²) in [5.74, 6) is -0.854. The van der Waals surface area contributed by atoms with Gasteiger partial charge in [-0.25, -0.2) is 4.68 Å². The second-order valence-electron chi connectivity index (χ2n) is 5.61. The average molecular weight is 334 g/mol. The number of nitrogens with two attached hydrogens (primary N) is 1. The number of amides is 2. The third-order valence-corrected chi connectivity index (χ3v) is 3.79. The van der Waals surface area contributed by atoms with Crippen LogP contribution >= 0.6 is 0 Å². The number of carbonyl (C=O) groups excluding carboxylic acids is 2. The molecule has 0 spiro atoms. The Balaban J connectivity index is 1.66. The van der Waals surface area contributed by atoms with Gasteiger partial charge >= 0.3 is 0 Å². The number of benzene rings is 2. The summed E-state index contributed by atoms with van der Waals surface area (Å²) in [7, 11) is 0. The molecule has 2 amide bonds. The number of hydrogen-bond donors (Lipinski definition) is 2. The van der Waals surface area contributed by atoms with Gasteiger partial charge < -0.3 is 11.1 Å². The molecule has 1 aromatic heterocycles. The second-order valence-corrected chi connectivity index (χ2v) is 5.61. The minimum absolute atomic E-state index is 0.163. The van der Waals surface area contributed by atoms with Gasteiger partial charge in [-0.2, -0.15) is 5.10 Å². The van der Waals surface area contributed by atoms with Crippen molar-refractivity contribution in [1.29, 1.82) is 0 Å². The quantitative estimate of drug-likeness (QED) is 0.720. The van der Waals surface area contributed by atoms with Gasteiger partial charge in [-0.1, -0.05) is 42.5 Å². The topological polar surface area (TPSA) is 90.0 Å². The van der Waals surface area contributed by atoms with E-state index in [9.17, 15) is 9.59 Å². The van der Waals surface area contributed by atoms with Crippen LogP contribution < -0.4 is 11.1 Å². The Morgan fingerprint density at radius 3 is 2.36 bits per heavy atom. The highest BCUT2D eigenvalue weighted by Crippen LogP contribution is 2.13. The number of carbonyl (C=O) groups is 2. The van der Waals surface area contributed by atoms with Crippen LogP contribution in [-0.2, 0) is 16.0 Å². The van der Waals surface area contributed by atoms with Crippen LogP contribution in [0.5, 0.6) is 0 Å². The predicted molar refractivity (Wildman–Crippen MR) is 93.8 cm³/mol. The molecular formula is C19H18N4O2. The third kappa shape index (κ3) is 4.11. The van der Waals surface area contributed by atoms with Gasteiger partial charge in [0.25, 0.3) is 0 Å². The van der Waals surface area contributed by atoms with Crippen LogP contribution in [0.3, 0.4) is 0 Å². The molecule has 126 valence electrons. The van der Waals surface area contributed by atoms with E-state index in [-0.39, 0.29) is 12.3 Å². The number of aromatic nitrogens is 2. The number of rotatable bonds is 6. The van der Waals surface area contributed by atoms with Crippen LogP contribution in [0.15, 0.2) is 73.1 Å². The van der Waals surface area contributed by atoms with Crippen molar-refractivity contribution in [2.45, 2.75) is 12.5 Å². The normalized spacial score (nSPS) is 11.7. The molecular weight excluding hydrogens is 316 g/mol. The average Bonchev–Trinajstić information content (AvgIpc) is 3.15. The van der Waals surface area contributed by atoms with Gasteiger partial charge in [0, 0.05) is 12.4 Å². The highest BCUT2D eigenvalue weighted by atomic mass is 16.2. The summed E-state index contributed by atoms with van der Waals surface area (Å²) in [5.41, 5.74) is 7.83. The van der Waals surface area contributed by atoms with Crippen LogP contribution in [0.1, 0.15) is 17.2 Å². The Kier molecular flexibility index (Phi) is 4.89. The van der Waals surface area contributed by atoms with E-state index in [1.165, 1.54) is 0 Å². The summed E-state index contributed by atoms with van der Waals surface area (Å²) < 4.78 is 1.74. The first-order valence-electron chi connectivity index (χ1n) is 7.86. The summed E-state index contributed by atoms with van der Waals surface area (Å²) in [5, 5.41) is 6.85. The molecule has 0 bridgehead atoms. The Morgan fingerprint density at radius 2 is 1.76 bits per heavy atom. The summed E-state index contributed by atoms with van der Waals surface area (Å²) in [6.07, 6.45) is 3.71. The van der Waals surface area contributed by atoms with Gasteiger partial charge in [0.05, 0.1) is 12.1 Å². The lowest BCUT2D eigenvalue weighted by Gasteiger charge is -2.16. The molecule has 25 heavy (non-hydrogen) atoms. The molecule has 3 aromatic rings. The Morgan fingerprint density at radius 1 is 1.04 bits per heavy atom. The van der Waals surface area contributed by atoms with Gasteiger partial charge in [-0.15, -0.1) is 0 Å².